The van der Waals surface area contributed by atoms with Crippen molar-refractivity contribution in [1.82, 2.24) is 9.55 Å². The first-order valence-corrected chi connectivity index (χ1v) is 9.97. The number of nitrogens with zero attached hydrogens (tertiary/aromatic N) is 2. The zero-order valence-corrected chi connectivity index (χ0v) is 16.8. The molecule has 0 atom stereocenters. The molecular weight excluding hydrogens is 372 g/mol. The van der Waals surface area contributed by atoms with E-state index in [4.69, 9.17) is 0 Å². The van der Waals surface area contributed by atoms with Crippen molar-refractivity contribution < 1.29 is 4.79 Å². The van der Waals surface area contributed by atoms with E-state index >= 15 is 0 Å². The minimum Gasteiger partial charge on any atom is -0.359 e. The fourth-order valence-corrected chi connectivity index (χ4v) is 4.02. The van der Waals surface area contributed by atoms with Crippen molar-refractivity contribution in [3.8, 4) is 11.3 Å². The highest BCUT2D eigenvalue weighted by atomic mass is 16.1. The summed E-state index contributed by atoms with van der Waals surface area (Å²) in [6.45, 7) is 4.00. The zero-order chi connectivity index (χ0) is 20.7. The number of nitrogens with one attached hydrogen (secondary N) is 2. The number of aryl methyl sites for hydroxylation is 2. The number of hydrogen-bond acceptors (Lipinski definition) is 3. The zero-order valence-electron chi connectivity index (χ0n) is 16.8. The molecule has 0 bridgehead atoms. The van der Waals surface area contributed by atoms with Gasteiger partial charge in [-0.3, -0.25) is 4.79 Å². The number of imidazole rings is 1. The van der Waals surface area contributed by atoms with Gasteiger partial charge in [0.05, 0.1) is 18.2 Å². The molecule has 2 N–H and O–H groups in total. The Morgan fingerprint density at radius 2 is 2.00 bits per heavy atom. The predicted molar refractivity (Wildman–Crippen MR) is 122 cm³/mol. The van der Waals surface area contributed by atoms with Gasteiger partial charge in [-0.05, 0) is 59.5 Å². The van der Waals surface area contributed by atoms with Crippen LogP contribution in [-0.4, -0.2) is 15.5 Å². The number of allylic oxidation sites excluding steroid dienone is 1. The SMILES string of the molecule is C=C1CCc2cc(NC(=O)c3cc(-c4cncn4C)cc4ccccc34)ccc2N1. The van der Waals surface area contributed by atoms with Gasteiger partial charge in [0.2, 0.25) is 0 Å². The van der Waals surface area contributed by atoms with E-state index in [-0.39, 0.29) is 5.91 Å². The summed E-state index contributed by atoms with van der Waals surface area (Å²) in [7, 11) is 1.95. The van der Waals surface area contributed by atoms with Gasteiger partial charge in [0.25, 0.3) is 5.91 Å². The van der Waals surface area contributed by atoms with E-state index in [0.29, 0.717) is 5.56 Å². The van der Waals surface area contributed by atoms with Gasteiger partial charge in [0.1, 0.15) is 0 Å². The number of anilines is 2. The first-order valence-electron chi connectivity index (χ1n) is 9.97. The lowest BCUT2D eigenvalue weighted by Gasteiger charge is -2.21. The molecule has 0 saturated carbocycles. The second-order valence-electron chi connectivity index (χ2n) is 7.69. The molecule has 0 unspecified atom stereocenters. The molecule has 0 spiro atoms. The summed E-state index contributed by atoms with van der Waals surface area (Å²) in [5.41, 5.74) is 6.65. The molecule has 1 aliphatic heterocycles. The van der Waals surface area contributed by atoms with Crippen LogP contribution in [0, 0.1) is 0 Å². The first-order chi connectivity index (χ1) is 14.6. The van der Waals surface area contributed by atoms with Gasteiger partial charge in [0, 0.05) is 35.2 Å². The number of aromatic nitrogens is 2. The van der Waals surface area contributed by atoms with E-state index in [1.807, 2.05) is 66.3 Å². The largest absolute Gasteiger partial charge is 0.359 e. The summed E-state index contributed by atoms with van der Waals surface area (Å²) in [5.74, 6) is -0.122. The first kappa shape index (κ1) is 18.2. The molecule has 2 heterocycles. The Labute approximate surface area is 175 Å². The lowest BCUT2D eigenvalue weighted by Crippen LogP contribution is -2.14. The Balaban J connectivity index is 1.53. The molecule has 4 aromatic rings. The normalized spacial score (nSPS) is 13.0. The van der Waals surface area contributed by atoms with Crippen molar-refractivity contribution in [1.29, 1.82) is 0 Å². The van der Waals surface area contributed by atoms with Crippen LogP contribution < -0.4 is 10.6 Å². The van der Waals surface area contributed by atoms with Crippen LogP contribution in [0.25, 0.3) is 22.0 Å². The van der Waals surface area contributed by atoms with E-state index in [1.165, 1.54) is 5.56 Å². The molecule has 5 rings (SSSR count). The Bertz CT molecular complexity index is 1300. The molecule has 5 heteroatoms. The van der Waals surface area contributed by atoms with Crippen LogP contribution in [0.1, 0.15) is 22.3 Å². The highest BCUT2D eigenvalue weighted by Gasteiger charge is 2.16. The highest BCUT2D eigenvalue weighted by molar-refractivity contribution is 6.14. The van der Waals surface area contributed by atoms with Crippen LogP contribution in [0.5, 0.6) is 0 Å². The number of hydrogen-bond donors (Lipinski definition) is 2. The molecular formula is C25H22N4O. The molecule has 0 saturated heterocycles. The number of rotatable bonds is 3. The molecule has 1 amide bonds. The summed E-state index contributed by atoms with van der Waals surface area (Å²) in [6, 6.07) is 18.0. The van der Waals surface area contributed by atoms with Crippen molar-refractivity contribution in [2.45, 2.75) is 12.8 Å². The Morgan fingerprint density at radius 3 is 2.83 bits per heavy atom. The lowest BCUT2D eigenvalue weighted by atomic mass is 9.98. The third-order valence-electron chi connectivity index (χ3n) is 5.59. The summed E-state index contributed by atoms with van der Waals surface area (Å²) in [4.78, 5) is 17.5. The third-order valence-corrected chi connectivity index (χ3v) is 5.59. The molecule has 0 fully saturated rings. The van der Waals surface area contributed by atoms with Gasteiger partial charge in [-0.25, -0.2) is 4.98 Å². The van der Waals surface area contributed by atoms with Crippen molar-refractivity contribution in [2.75, 3.05) is 10.6 Å². The maximum absolute atomic E-state index is 13.3. The van der Waals surface area contributed by atoms with Crippen LogP contribution >= 0.6 is 0 Å². The predicted octanol–water partition coefficient (Wildman–Crippen LogP) is 5.36. The summed E-state index contributed by atoms with van der Waals surface area (Å²) < 4.78 is 1.95. The average molecular weight is 394 g/mol. The van der Waals surface area contributed by atoms with Crippen LogP contribution in [0.3, 0.4) is 0 Å². The molecule has 1 aliphatic rings. The molecule has 148 valence electrons. The molecule has 1 aromatic heterocycles. The third kappa shape index (κ3) is 3.24. The smallest absolute Gasteiger partial charge is 0.256 e. The Morgan fingerprint density at radius 1 is 1.13 bits per heavy atom. The van der Waals surface area contributed by atoms with Crippen LogP contribution in [0.4, 0.5) is 11.4 Å². The van der Waals surface area contributed by atoms with Crippen LogP contribution in [-0.2, 0) is 13.5 Å². The minimum atomic E-state index is -0.122. The monoisotopic (exact) mass is 394 g/mol. The maximum Gasteiger partial charge on any atom is 0.256 e. The van der Waals surface area contributed by atoms with Crippen molar-refractivity contribution in [3.63, 3.8) is 0 Å². The van der Waals surface area contributed by atoms with E-state index in [0.717, 1.165) is 51.9 Å². The summed E-state index contributed by atoms with van der Waals surface area (Å²) in [5, 5.41) is 8.35. The van der Waals surface area contributed by atoms with Gasteiger partial charge >= 0.3 is 0 Å². The van der Waals surface area contributed by atoms with Crippen LogP contribution in [0.2, 0.25) is 0 Å². The van der Waals surface area contributed by atoms with Gasteiger partial charge in [0.15, 0.2) is 0 Å². The molecule has 30 heavy (non-hydrogen) atoms. The summed E-state index contributed by atoms with van der Waals surface area (Å²) >= 11 is 0. The highest BCUT2D eigenvalue weighted by Crippen LogP contribution is 2.30. The van der Waals surface area contributed by atoms with Gasteiger partial charge < -0.3 is 15.2 Å². The number of benzene rings is 3. The molecule has 0 radical (unpaired) electrons. The van der Waals surface area contributed by atoms with Gasteiger partial charge in [-0.1, -0.05) is 30.8 Å². The van der Waals surface area contributed by atoms with Crippen molar-refractivity contribution >= 4 is 28.1 Å². The number of fused-ring (bicyclic) bond motifs is 2. The quantitative estimate of drug-likeness (QED) is 0.491. The Kier molecular flexibility index (Phi) is 4.36. The van der Waals surface area contributed by atoms with Crippen molar-refractivity contribution in [3.05, 3.63) is 90.5 Å². The fraction of sp³-hybridized carbons (Fsp3) is 0.120. The molecule has 5 nitrogen and oxygen atoms in total. The second kappa shape index (κ2) is 7.19. The molecule has 0 aliphatic carbocycles. The van der Waals surface area contributed by atoms with Crippen LogP contribution in [0.15, 0.2) is 79.4 Å². The van der Waals surface area contributed by atoms with E-state index < -0.39 is 0 Å². The standard InChI is InChI=1S/C25H22N4O/c1-16-7-8-18-12-20(9-10-23(18)27-16)28-25(30)22-13-19(24-14-26-15-29(24)2)11-17-5-3-4-6-21(17)22/h3-6,9-15,27H,1,7-8H2,2H3,(H,28,30). The lowest BCUT2D eigenvalue weighted by molar-refractivity contribution is 0.102. The van der Waals surface area contributed by atoms with Gasteiger partial charge in [-0.2, -0.15) is 0 Å². The topological polar surface area (TPSA) is 59.0 Å². The summed E-state index contributed by atoms with van der Waals surface area (Å²) in [6.07, 6.45) is 5.40. The van der Waals surface area contributed by atoms with Gasteiger partial charge in [-0.15, -0.1) is 0 Å². The van der Waals surface area contributed by atoms with E-state index in [9.17, 15) is 4.79 Å². The Hall–Kier alpha value is -3.86. The number of carbonyl (C=O) groups excluding carboxylic acids is 1. The fourth-order valence-electron chi connectivity index (χ4n) is 4.02. The number of amides is 1. The van der Waals surface area contributed by atoms with E-state index in [2.05, 4.69) is 28.3 Å². The van der Waals surface area contributed by atoms with Crippen molar-refractivity contribution in [2.24, 2.45) is 7.05 Å². The maximum atomic E-state index is 13.3. The minimum absolute atomic E-state index is 0.122. The number of carbonyl (C=O) groups is 1. The average Bonchev–Trinajstić information content (AvgIpc) is 3.19. The second-order valence-corrected chi connectivity index (χ2v) is 7.69. The molecule has 3 aromatic carbocycles. The van der Waals surface area contributed by atoms with E-state index in [1.54, 1.807) is 6.33 Å².